The fraction of sp³-hybridized carbons (Fsp3) is 0.300. The molecule has 0 radical (unpaired) electrons. The smallest absolute Gasteiger partial charge is 0.324 e. The summed E-state index contributed by atoms with van der Waals surface area (Å²) in [5, 5.41) is 8.87. The Morgan fingerprint density at radius 1 is 1.58 bits per heavy atom. The van der Waals surface area contributed by atoms with Gasteiger partial charge in [0.05, 0.1) is 11.6 Å². The molecule has 19 heavy (non-hydrogen) atoms. The number of nitrogens with one attached hydrogen (secondary N) is 1. The lowest BCUT2D eigenvalue weighted by atomic mass is 10.3. The summed E-state index contributed by atoms with van der Waals surface area (Å²) < 4.78 is 31.3. The second kappa shape index (κ2) is 6.67. The van der Waals surface area contributed by atoms with Crippen molar-refractivity contribution in [3.05, 3.63) is 27.7 Å². The van der Waals surface area contributed by atoms with Crippen LogP contribution in [-0.4, -0.2) is 39.3 Å². The Morgan fingerprint density at radius 2 is 2.21 bits per heavy atom. The molecule has 0 aromatic heterocycles. The molecule has 0 aliphatic carbocycles. The number of hydrogen-bond acceptors (Lipinski definition) is 4. The Balaban J connectivity index is 3.06. The van der Waals surface area contributed by atoms with Crippen LogP contribution in [0.15, 0.2) is 27.6 Å². The van der Waals surface area contributed by atoms with Crippen LogP contribution in [0.1, 0.15) is 0 Å². The standard InChI is InChI=1S/C10H11BrClNO5S/c1-18-5-8(10(14)15)13-19(16,17)9-3-2-6(11)4-7(9)12/h2-4,8,13H,5H2,1H3,(H,14,15). The van der Waals surface area contributed by atoms with Crippen molar-refractivity contribution in [2.75, 3.05) is 13.7 Å². The lowest BCUT2D eigenvalue weighted by molar-refractivity contribution is -0.140. The van der Waals surface area contributed by atoms with Gasteiger partial charge in [-0.15, -0.1) is 0 Å². The number of halogens is 2. The van der Waals surface area contributed by atoms with Gasteiger partial charge in [0.2, 0.25) is 10.0 Å². The van der Waals surface area contributed by atoms with E-state index in [0.717, 1.165) is 0 Å². The monoisotopic (exact) mass is 371 g/mol. The van der Waals surface area contributed by atoms with Crippen LogP contribution in [0, 0.1) is 0 Å². The second-order valence-electron chi connectivity index (χ2n) is 3.54. The minimum Gasteiger partial charge on any atom is -0.480 e. The quantitative estimate of drug-likeness (QED) is 0.789. The zero-order valence-electron chi connectivity index (χ0n) is 9.76. The molecule has 1 atom stereocenters. The molecule has 0 heterocycles. The number of benzene rings is 1. The highest BCUT2D eigenvalue weighted by Crippen LogP contribution is 2.25. The summed E-state index contributed by atoms with van der Waals surface area (Å²) in [5.41, 5.74) is 0. The average molecular weight is 373 g/mol. The number of rotatable bonds is 6. The van der Waals surface area contributed by atoms with E-state index >= 15 is 0 Å². The summed E-state index contributed by atoms with van der Waals surface area (Å²) in [7, 11) is -2.76. The van der Waals surface area contributed by atoms with E-state index in [1.807, 2.05) is 4.72 Å². The van der Waals surface area contributed by atoms with Crippen molar-refractivity contribution in [3.8, 4) is 0 Å². The van der Waals surface area contributed by atoms with Crippen LogP contribution in [0.4, 0.5) is 0 Å². The fourth-order valence-corrected chi connectivity index (χ4v) is 3.48. The molecule has 1 rings (SSSR count). The molecule has 0 spiro atoms. The first-order valence-electron chi connectivity index (χ1n) is 4.97. The third-order valence-electron chi connectivity index (χ3n) is 2.11. The lowest BCUT2D eigenvalue weighted by Gasteiger charge is -2.14. The lowest BCUT2D eigenvalue weighted by Crippen LogP contribution is -2.43. The minimum atomic E-state index is -4.04. The number of hydrogen-bond donors (Lipinski definition) is 2. The van der Waals surface area contributed by atoms with Gasteiger partial charge in [-0.3, -0.25) is 4.79 Å². The van der Waals surface area contributed by atoms with Crippen molar-refractivity contribution in [2.45, 2.75) is 10.9 Å². The van der Waals surface area contributed by atoms with E-state index < -0.39 is 22.0 Å². The summed E-state index contributed by atoms with van der Waals surface area (Å²) in [6.45, 7) is -0.289. The van der Waals surface area contributed by atoms with Gasteiger partial charge < -0.3 is 9.84 Å². The van der Waals surface area contributed by atoms with E-state index in [2.05, 4.69) is 20.7 Å². The van der Waals surface area contributed by atoms with Gasteiger partial charge in [-0.05, 0) is 18.2 Å². The first kappa shape index (κ1) is 16.4. The van der Waals surface area contributed by atoms with E-state index in [4.69, 9.17) is 16.7 Å². The highest BCUT2D eigenvalue weighted by atomic mass is 79.9. The molecule has 0 fully saturated rings. The predicted molar refractivity (Wildman–Crippen MR) is 72.8 cm³/mol. The zero-order valence-corrected chi connectivity index (χ0v) is 12.9. The molecule has 9 heteroatoms. The molecular weight excluding hydrogens is 362 g/mol. The zero-order chi connectivity index (χ0) is 14.6. The molecule has 0 aliphatic rings. The van der Waals surface area contributed by atoms with Crippen molar-refractivity contribution in [1.29, 1.82) is 0 Å². The van der Waals surface area contributed by atoms with E-state index in [0.29, 0.717) is 4.47 Å². The van der Waals surface area contributed by atoms with E-state index in [-0.39, 0.29) is 16.5 Å². The Labute approximate surface area is 123 Å². The number of sulfonamides is 1. The van der Waals surface area contributed by atoms with E-state index in [1.54, 1.807) is 0 Å². The first-order valence-corrected chi connectivity index (χ1v) is 7.62. The molecule has 0 aliphatic heterocycles. The highest BCUT2D eigenvalue weighted by molar-refractivity contribution is 9.10. The van der Waals surface area contributed by atoms with Crippen LogP contribution in [0.3, 0.4) is 0 Å². The molecule has 2 N–H and O–H groups in total. The third-order valence-corrected chi connectivity index (χ3v) is 4.56. The number of carboxylic acids is 1. The van der Waals surface area contributed by atoms with Crippen molar-refractivity contribution < 1.29 is 23.1 Å². The molecule has 0 bridgehead atoms. The number of ether oxygens (including phenoxy) is 1. The maximum Gasteiger partial charge on any atom is 0.324 e. The van der Waals surface area contributed by atoms with Crippen molar-refractivity contribution in [3.63, 3.8) is 0 Å². The van der Waals surface area contributed by atoms with Crippen LogP contribution < -0.4 is 4.72 Å². The largest absolute Gasteiger partial charge is 0.480 e. The predicted octanol–water partition coefficient (Wildman–Crippen LogP) is 1.48. The SMILES string of the molecule is COCC(NS(=O)(=O)c1ccc(Br)cc1Cl)C(=O)O. The number of aliphatic carboxylic acids is 1. The molecule has 0 saturated carbocycles. The fourth-order valence-electron chi connectivity index (χ4n) is 1.27. The Hall–Kier alpha value is -0.670. The van der Waals surface area contributed by atoms with Gasteiger partial charge in [0.1, 0.15) is 10.9 Å². The Bertz CT molecular complexity index is 577. The molecular formula is C10H11BrClNO5S. The molecule has 1 aromatic rings. The normalized spacial score (nSPS) is 13.2. The van der Waals surface area contributed by atoms with Crippen LogP contribution in [-0.2, 0) is 19.6 Å². The maximum atomic E-state index is 12.0. The average Bonchev–Trinajstić information content (AvgIpc) is 2.27. The second-order valence-corrected chi connectivity index (χ2v) is 6.55. The molecule has 1 unspecified atom stereocenters. The summed E-state index contributed by atoms with van der Waals surface area (Å²) >= 11 is 8.97. The topological polar surface area (TPSA) is 92.7 Å². The van der Waals surface area contributed by atoms with E-state index in [9.17, 15) is 13.2 Å². The summed E-state index contributed by atoms with van der Waals surface area (Å²) in [4.78, 5) is 10.7. The van der Waals surface area contributed by atoms with Gasteiger partial charge >= 0.3 is 5.97 Å². The Kier molecular flexibility index (Phi) is 5.75. The summed E-state index contributed by atoms with van der Waals surface area (Å²) in [5.74, 6) is -1.33. The van der Waals surface area contributed by atoms with Gasteiger partial charge in [-0.25, -0.2) is 8.42 Å². The Morgan fingerprint density at radius 3 is 2.68 bits per heavy atom. The van der Waals surface area contributed by atoms with Crippen LogP contribution in [0.5, 0.6) is 0 Å². The van der Waals surface area contributed by atoms with Crippen LogP contribution in [0.2, 0.25) is 5.02 Å². The van der Waals surface area contributed by atoms with Gasteiger partial charge in [0.15, 0.2) is 0 Å². The molecule has 106 valence electrons. The first-order chi connectivity index (χ1) is 8.77. The number of carbonyl (C=O) groups is 1. The summed E-state index contributed by atoms with van der Waals surface area (Å²) in [6.07, 6.45) is 0. The van der Waals surface area contributed by atoms with Crippen LogP contribution in [0.25, 0.3) is 0 Å². The maximum absolute atomic E-state index is 12.0. The van der Waals surface area contributed by atoms with E-state index in [1.165, 1.54) is 25.3 Å². The molecule has 1 aromatic carbocycles. The minimum absolute atomic E-state index is 0.0107. The van der Waals surface area contributed by atoms with Crippen molar-refractivity contribution in [2.24, 2.45) is 0 Å². The van der Waals surface area contributed by atoms with Gasteiger partial charge in [0, 0.05) is 11.6 Å². The van der Waals surface area contributed by atoms with Gasteiger partial charge in [-0.1, -0.05) is 27.5 Å². The van der Waals surface area contributed by atoms with Crippen molar-refractivity contribution in [1.82, 2.24) is 4.72 Å². The van der Waals surface area contributed by atoms with Gasteiger partial charge in [-0.2, -0.15) is 4.72 Å². The summed E-state index contributed by atoms with van der Waals surface area (Å²) in [6, 6.07) is 2.80. The van der Waals surface area contributed by atoms with Gasteiger partial charge in [0.25, 0.3) is 0 Å². The molecule has 0 amide bonds. The van der Waals surface area contributed by atoms with Crippen LogP contribution >= 0.6 is 27.5 Å². The highest BCUT2D eigenvalue weighted by Gasteiger charge is 2.26. The number of methoxy groups -OCH3 is 1. The molecule has 6 nitrogen and oxygen atoms in total. The number of carboxylic acid groups (broad SMARTS) is 1. The third kappa shape index (κ3) is 4.43. The van der Waals surface area contributed by atoms with Crippen molar-refractivity contribution >= 4 is 43.5 Å². The molecule has 0 saturated heterocycles.